The van der Waals surface area contributed by atoms with Gasteiger partial charge in [-0.3, -0.25) is 4.79 Å². The van der Waals surface area contributed by atoms with Crippen LogP contribution in [-0.4, -0.2) is 39.8 Å². The maximum atomic E-state index is 14.8. The van der Waals surface area contributed by atoms with Crippen molar-refractivity contribution in [1.82, 2.24) is 14.7 Å². The zero-order chi connectivity index (χ0) is 27.4. The van der Waals surface area contributed by atoms with E-state index in [9.17, 15) is 13.6 Å². The van der Waals surface area contributed by atoms with Crippen LogP contribution in [0, 0.1) is 11.6 Å². The number of carbonyl (C=O) groups is 1. The Bertz CT molecular complexity index is 1430. The number of aromatic nitrogens is 2. The second-order valence-corrected chi connectivity index (χ2v) is 9.93. The fourth-order valence-electron chi connectivity index (χ4n) is 4.79. The molecule has 0 saturated carbocycles. The summed E-state index contributed by atoms with van der Waals surface area (Å²) in [5.74, 6) is -0.984. The van der Waals surface area contributed by atoms with Crippen LogP contribution in [-0.2, 0) is 11.3 Å². The predicted octanol–water partition coefficient (Wildman–Crippen LogP) is 6.89. The van der Waals surface area contributed by atoms with E-state index in [1.54, 1.807) is 33.8 Å². The van der Waals surface area contributed by atoms with Crippen molar-refractivity contribution in [2.24, 2.45) is 0 Å². The smallest absolute Gasteiger partial charge is 0.254 e. The number of carbonyl (C=O) groups excluding carboxylic acids is 1. The molecule has 0 bridgehead atoms. The lowest BCUT2D eigenvalue weighted by Crippen LogP contribution is -2.37. The van der Waals surface area contributed by atoms with Gasteiger partial charge < -0.3 is 14.4 Å². The zero-order valence-corrected chi connectivity index (χ0v) is 22.0. The Morgan fingerprint density at radius 2 is 1.85 bits per heavy atom. The number of amides is 1. The van der Waals surface area contributed by atoms with Gasteiger partial charge in [0.2, 0.25) is 5.88 Å². The number of halogens is 2. The summed E-state index contributed by atoms with van der Waals surface area (Å²) in [5.41, 5.74) is 2.35. The Morgan fingerprint density at radius 1 is 1.08 bits per heavy atom. The molecule has 1 aliphatic heterocycles. The third-order valence-corrected chi connectivity index (χ3v) is 6.71. The summed E-state index contributed by atoms with van der Waals surface area (Å²) in [7, 11) is 0. The van der Waals surface area contributed by atoms with E-state index in [-0.39, 0.29) is 35.8 Å². The topological polar surface area (TPSA) is 56.6 Å². The second kappa shape index (κ2) is 11.8. The van der Waals surface area contributed by atoms with E-state index in [1.807, 2.05) is 44.2 Å². The highest BCUT2D eigenvalue weighted by atomic mass is 19.1. The zero-order valence-electron chi connectivity index (χ0n) is 22.0. The quantitative estimate of drug-likeness (QED) is 0.236. The molecule has 1 unspecified atom stereocenters. The van der Waals surface area contributed by atoms with Crippen LogP contribution in [0.2, 0.25) is 0 Å². The second-order valence-electron chi connectivity index (χ2n) is 9.93. The molecule has 5 rings (SSSR count). The van der Waals surface area contributed by atoms with Gasteiger partial charge in [-0.15, -0.1) is 0 Å². The van der Waals surface area contributed by atoms with Gasteiger partial charge in [-0.05, 0) is 61.2 Å². The third-order valence-electron chi connectivity index (χ3n) is 6.71. The normalized spacial score (nSPS) is 15.1. The van der Waals surface area contributed by atoms with Crippen molar-refractivity contribution in [2.45, 2.75) is 45.3 Å². The summed E-state index contributed by atoms with van der Waals surface area (Å²) in [6.07, 6.45) is 1.61. The Kier molecular flexibility index (Phi) is 8.02. The highest BCUT2D eigenvalue weighted by molar-refractivity contribution is 5.94. The monoisotopic (exact) mass is 531 g/mol. The molecule has 0 aliphatic carbocycles. The molecule has 0 N–H and O–H groups in total. The van der Waals surface area contributed by atoms with Gasteiger partial charge in [0.05, 0.1) is 29.6 Å². The predicted molar refractivity (Wildman–Crippen MR) is 144 cm³/mol. The molecule has 6 nitrogen and oxygen atoms in total. The van der Waals surface area contributed by atoms with Crippen LogP contribution in [0.1, 0.15) is 54.2 Å². The Balaban J connectivity index is 1.62. The summed E-state index contributed by atoms with van der Waals surface area (Å²) in [6.45, 7) is 5.10. The molecule has 1 saturated heterocycles. The average Bonchev–Trinajstić information content (AvgIpc) is 3.58. The fourth-order valence-corrected chi connectivity index (χ4v) is 4.79. The van der Waals surface area contributed by atoms with Crippen molar-refractivity contribution in [3.05, 3.63) is 107 Å². The molecule has 39 heavy (non-hydrogen) atoms. The molecular formula is C31H31F2N3O3. The number of para-hydroxylation sites is 2. The maximum Gasteiger partial charge on any atom is 0.254 e. The van der Waals surface area contributed by atoms with Crippen molar-refractivity contribution >= 4 is 5.91 Å². The van der Waals surface area contributed by atoms with E-state index in [0.29, 0.717) is 24.6 Å². The van der Waals surface area contributed by atoms with Gasteiger partial charge in [0.15, 0.2) is 11.6 Å². The van der Waals surface area contributed by atoms with Gasteiger partial charge >= 0.3 is 0 Å². The maximum absolute atomic E-state index is 14.8. The van der Waals surface area contributed by atoms with Gasteiger partial charge in [-0.25, -0.2) is 13.5 Å². The van der Waals surface area contributed by atoms with E-state index < -0.39 is 11.6 Å². The molecule has 1 amide bonds. The van der Waals surface area contributed by atoms with E-state index in [1.165, 1.54) is 24.3 Å². The largest absolute Gasteiger partial charge is 0.435 e. The number of rotatable bonds is 9. The lowest BCUT2D eigenvalue weighted by molar-refractivity contribution is 0.0505. The molecule has 202 valence electrons. The molecule has 1 fully saturated rings. The van der Waals surface area contributed by atoms with Gasteiger partial charge in [0, 0.05) is 18.7 Å². The Hall–Kier alpha value is -4.04. The van der Waals surface area contributed by atoms with Crippen LogP contribution in [0.25, 0.3) is 5.69 Å². The highest BCUT2D eigenvalue weighted by Gasteiger charge is 2.30. The highest BCUT2D eigenvalue weighted by Crippen LogP contribution is 2.36. The molecule has 1 aromatic heterocycles. The summed E-state index contributed by atoms with van der Waals surface area (Å²) >= 11 is 0. The standard InChI is InChI=1S/C31H31F2N3O3/c1-21(2)29-26(20-35(19-25-14-9-17-38-25)30(37)22-10-8-11-23(32)18-22)31(39-28-16-7-6-15-27(28)33)36(34-29)24-12-4-3-5-13-24/h3-8,10-13,15-16,18,21,25H,9,14,17,19-20H2,1-2H3. The number of hydrogen-bond acceptors (Lipinski definition) is 4. The SMILES string of the molecule is CC(C)c1nn(-c2ccccc2)c(Oc2ccccc2F)c1CN(CC1CCCO1)C(=O)c1cccc(F)c1. The van der Waals surface area contributed by atoms with Gasteiger partial charge in [-0.1, -0.05) is 50.2 Å². The first-order valence-electron chi connectivity index (χ1n) is 13.2. The molecule has 0 spiro atoms. The minimum absolute atomic E-state index is 0.0261. The number of nitrogens with zero attached hydrogens (tertiary/aromatic N) is 3. The van der Waals surface area contributed by atoms with E-state index >= 15 is 0 Å². The third kappa shape index (κ3) is 6.01. The van der Waals surface area contributed by atoms with Crippen molar-refractivity contribution < 1.29 is 23.0 Å². The molecule has 4 aromatic rings. The van der Waals surface area contributed by atoms with Gasteiger partial charge in [-0.2, -0.15) is 5.10 Å². The Morgan fingerprint density at radius 3 is 2.54 bits per heavy atom. The van der Waals surface area contributed by atoms with Crippen LogP contribution in [0.3, 0.4) is 0 Å². The van der Waals surface area contributed by atoms with E-state index in [2.05, 4.69) is 0 Å². The first-order valence-corrected chi connectivity index (χ1v) is 13.2. The lowest BCUT2D eigenvalue weighted by Gasteiger charge is -2.26. The van der Waals surface area contributed by atoms with Gasteiger partial charge in [0.1, 0.15) is 5.82 Å². The van der Waals surface area contributed by atoms with E-state index in [0.717, 1.165) is 24.2 Å². The fraction of sp³-hybridized carbons (Fsp3) is 0.290. The van der Waals surface area contributed by atoms with Crippen molar-refractivity contribution in [2.75, 3.05) is 13.2 Å². The van der Waals surface area contributed by atoms with Crippen molar-refractivity contribution in [1.29, 1.82) is 0 Å². The number of ether oxygens (including phenoxy) is 2. The molecule has 2 heterocycles. The van der Waals surface area contributed by atoms with Crippen LogP contribution in [0.15, 0.2) is 78.9 Å². The minimum atomic E-state index is -0.512. The van der Waals surface area contributed by atoms with Crippen molar-refractivity contribution in [3.63, 3.8) is 0 Å². The molecule has 0 radical (unpaired) electrons. The summed E-state index contributed by atoms with van der Waals surface area (Å²) in [4.78, 5) is 15.4. The number of hydrogen-bond donors (Lipinski definition) is 0. The van der Waals surface area contributed by atoms with Crippen LogP contribution in [0.4, 0.5) is 8.78 Å². The first kappa shape index (κ1) is 26.6. The molecular weight excluding hydrogens is 500 g/mol. The van der Waals surface area contributed by atoms with Crippen LogP contribution in [0.5, 0.6) is 11.6 Å². The molecule has 1 aliphatic rings. The first-order chi connectivity index (χ1) is 18.9. The Labute approximate surface area is 226 Å². The van der Waals surface area contributed by atoms with Crippen LogP contribution < -0.4 is 4.74 Å². The van der Waals surface area contributed by atoms with Crippen LogP contribution >= 0.6 is 0 Å². The summed E-state index contributed by atoms with van der Waals surface area (Å²) < 4.78 is 42.5. The van der Waals surface area contributed by atoms with Crippen molar-refractivity contribution in [3.8, 4) is 17.3 Å². The van der Waals surface area contributed by atoms with Gasteiger partial charge in [0.25, 0.3) is 5.91 Å². The van der Waals surface area contributed by atoms with E-state index in [4.69, 9.17) is 14.6 Å². The minimum Gasteiger partial charge on any atom is -0.435 e. The molecule has 8 heteroatoms. The molecule has 3 aromatic carbocycles. The summed E-state index contributed by atoms with van der Waals surface area (Å²) in [5, 5.41) is 4.88. The average molecular weight is 532 g/mol. The lowest BCUT2D eigenvalue weighted by atomic mass is 10.0. The molecule has 1 atom stereocenters. The summed E-state index contributed by atoms with van der Waals surface area (Å²) in [6, 6.07) is 21.3. The number of benzene rings is 3.